The zero-order chi connectivity index (χ0) is 18.0. The van der Waals surface area contributed by atoms with Crippen molar-refractivity contribution in [3.8, 4) is 0 Å². The summed E-state index contributed by atoms with van der Waals surface area (Å²) in [5.41, 5.74) is 3.36. The Bertz CT molecular complexity index is 743. The lowest BCUT2D eigenvalue weighted by atomic mass is 10.1. The zero-order valence-electron chi connectivity index (χ0n) is 14.8. The van der Waals surface area contributed by atoms with Crippen LogP contribution in [0.3, 0.4) is 0 Å². The molecule has 3 rings (SSSR count). The Kier molecular flexibility index (Phi) is 5.65. The lowest BCUT2D eigenvalue weighted by molar-refractivity contribution is 0.0851. The largest absolute Gasteiger partial charge is 0.376 e. The highest BCUT2D eigenvalue weighted by Crippen LogP contribution is 2.23. The van der Waals surface area contributed by atoms with E-state index >= 15 is 0 Å². The lowest BCUT2D eigenvalue weighted by Crippen LogP contribution is -2.47. The average Bonchev–Trinajstić information content (AvgIpc) is 3.17. The summed E-state index contributed by atoms with van der Waals surface area (Å²) < 4.78 is 29.6. The van der Waals surface area contributed by atoms with Gasteiger partial charge in [0.25, 0.3) is 0 Å². The third kappa shape index (κ3) is 4.71. The third-order valence-electron chi connectivity index (χ3n) is 5.09. The maximum Gasteiger partial charge on any atom is 0.173 e. The summed E-state index contributed by atoms with van der Waals surface area (Å²) in [5, 5.41) is 3.88. The number of rotatable bonds is 4. The summed E-state index contributed by atoms with van der Waals surface area (Å²) in [6.45, 7) is 5.57. The molecule has 0 bridgehead atoms. The highest BCUT2D eigenvalue weighted by Gasteiger charge is 2.35. The predicted octanol–water partition coefficient (Wildman–Crippen LogP) is 2.67. The zero-order valence-corrected chi connectivity index (χ0v) is 16.5. The van der Waals surface area contributed by atoms with Crippen LogP contribution in [0.15, 0.2) is 18.2 Å². The molecule has 0 radical (unpaired) electrons. The molecule has 1 aromatic rings. The molecule has 1 N–H and O–H groups in total. The molecule has 2 saturated heterocycles. The van der Waals surface area contributed by atoms with E-state index in [0.717, 1.165) is 25.1 Å². The van der Waals surface area contributed by atoms with Crippen molar-refractivity contribution in [2.45, 2.75) is 45.3 Å². The second-order valence-electron chi connectivity index (χ2n) is 7.07. The quantitative estimate of drug-likeness (QED) is 0.808. The Labute approximate surface area is 155 Å². The fraction of sp³-hybridized carbons (Fsp3) is 0.611. The molecule has 0 saturated carbocycles. The van der Waals surface area contributed by atoms with Gasteiger partial charge in [0.15, 0.2) is 14.9 Å². The first kappa shape index (κ1) is 18.6. The van der Waals surface area contributed by atoms with Crippen LogP contribution < -0.4 is 5.32 Å². The number of nitrogens with zero attached hydrogens (tertiary/aromatic N) is 1. The number of ether oxygens (including phenoxy) is 1. The molecule has 2 aliphatic rings. The number of thiocarbonyl (C=S) groups is 1. The van der Waals surface area contributed by atoms with Gasteiger partial charge in [-0.3, -0.25) is 0 Å². The predicted molar refractivity (Wildman–Crippen MR) is 105 cm³/mol. The summed E-state index contributed by atoms with van der Waals surface area (Å²) in [6, 6.07) is 6.06. The summed E-state index contributed by atoms with van der Waals surface area (Å²) in [4.78, 5) is 2.03. The lowest BCUT2D eigenvalue weighted by Gasteiger charge is -2.33. The van der Waals surface area contributed by atoms with Gasteiger partial charge < -0.3 is 15.0 Å². The van der Waals surface area contributed by atoms with Gasteiger partial charge >= 0.3 is 0 Å². The molecule has 25 heavy (non-hydrogen) atoms. The van der Waals surface area contributed by atoms with Crippen LogP contribution in [0.1, 0.15) is 30.4 Å². The molecule has 2 heterocycles. The average molecular weight is 383 g/mol. The molecule has 5 nitrogen and oxygen atoms in total. The number of hydrogen-bond acceptors (Lipinski definition) is 4. The number of nitrogens with one attached hydrogen (secondary N) is 1. The number of sulfone groups is 1. The second-order valence-corrected chi connectivity index (χ2v) is 9.69. The topological polar surface area (TPSA) is 58.6 Å². The Morgan fingerprint density at radius 2 is 2.12 bits per heavy atom. The van der Waals surface area contributed by atoms with Crippen molar-refractivity contribution in [3.05, 3.63) is 29.3 Å². The van der Waals surface area contributed by atoms with E-state index in [1.54, 1.807) is 0 Å². The van der Waals surface area contributed by atoms with Crippen LogP contribution in [-0.2, 0) is 14.6 Å². The van der Waals surface area contributed by atoms with Crippen LogP contribution >= 0.6 is 12.2 Å². The smallest absolute Gasteiger partial charge is 0.173 e. The molecule has 138 valence electrons. The van der Waals surface area contributed by atoms with Gasteiger partial charge in [-0.1, -0.05) is 6.07 Å². The van der Waals surface area contributed by atoms with E-state index in [-0.39, 0.29) is 23.7 Å². The molecule has 0 unspecified atom stereocenters. The minimum absolute atomic E-state index is 0.0688. The van der Waals surface area contributed by atoms with Gasteiger partial charge in [-0.2, -0.15) is 0 Å². The van der Waals surface area contributed by atoms with Crippen molar-refractivity contribution >= 4 is 32.9 Å². The standard InChI is InChI=1S/C18H26N2O3S2/c1-13-5-6-15(10-14(13)2)19-18(24)20(11-17-4-3-8-23-17)16-7-9-25(21,22)12-16/h5-6,10,16-17H,3-4,7-9,11-12H2,1-2H3,(H,19,24)/t16-,17-/m0/s1. The molecular weight excluding hydrogens is 356 g/mol. The first-order valence-corrected chi connectivity index (χ1v) is 11.0. The Morgan fingerprint density at radius 3 is 2.72 bits per heavy atom. The van der Waals surface area contributed by atoms with Crippen molar-refractivity contribution in [1.82, 2.24) is 4.90 Å². The first-order chi connectivity index (χ1) is 11.8. The maximum atomic E-state index is 11.9. The van der Waals surface area contributed by atoms with Crippen LogP contribution in [0.5, 0.6) is 0 Å². The van der Waals surface area contributed by atoms with E-state index in [1.807, 2.05) is 11.0 Å². The van der Waals surface area contributed by atoms with Crippen molar-refractivity contribution in [1.29, 1.82) is 0 Å². The van der Waals surface area contributed by atoms with Gasteiger partial charge in [0.2, 0.25) is 0 Å². The second kappa shape index (κ2) is 7.60. The summed E-state index contributed by atoms with van der Waals surface area (Å²) in [5.74, 6) is 0.417. The Balaban J connectivity index is 1.74. The van der Waals surface area contributed by atoms with Gasteiger partial charge in [0, 0.05) is 24.9 Å². The number of anilines is 1. The molecule has 2 fully saturated rings. The van der Waals surface area contributed by atoms with Crippen LogP contribution in [0.25, 0.3) is 0 Å². The van der Waals surface area contributed by atoms with E-state index in [2.05, 4.69) is 31.3 Å². The highest BCUT2D eigenvalue weighted by atomic mass is 32.2. The van der Waals surface area contributed by atoms with E-state index in [9.17, 15) is 8.42 Å². The molecule has 2 atom stereocenters. The van der Waals surface area contributed by atoms with E-state index in [1.165, 1.54) is 11.1 Å². The Morgan fingerprint density at radius 1 is 1.32 bits per heavy atom. The highest BCUT2D eigenvalue weighted by molar-refractivity contribution is 7.91. The van der Waals surface area contributed by atoms with Crippen molar-refractivity contribution in [2.75, 3.05) is 30.0 Å². The van der Waals surface area contributed by atoms with Gasteiger partial charge in [0.05, 0.1) is 17.6 Å². The summed E-state index contributed by atoms with van der Waals surface area (Å²) >= 11 is 5.64. The molecule has 0 spiro atoms. The molecular formula is C18H26N2O3S2. The fourth-order valence-corrected chi connectivity index (χ4v) is 5.51. The minimum atomic E-state index is -2.96. The van der Waals surface area contributed by atoms with Gasteiger partial charge in [-0.15, -0.1) is 0 Å². The van der Waals surface area contributed by atoms with Crippen LogP contribution in [-0.4, -0.2) is 55.2 Å². The molecule has 7 heteroatoms. The van der Waals surface area contributed by atoms with Crippen LogP contribution in [0, 0.1) is 13.8 Å². The Hall–Kier alpha value is -1.18. The SMILES string of the molecule is Cc1ccc(NC(=S)N(C[C@@H]2CCCO2)[C@H]2CCS(=O)(=O)C2)cc1C. The summed E-state index contributed by atoms with van der Waals surface area (Å²) in [6.07, 6.45) is 2.81. The van der Waals surface area contributed by atoms with Crippen LogP contribution in [0.4, 0.5) is 5.69 Å². The first-order valence-electron chi connectivity index (χ1n) is 8.81. The molecule has 0 aliphatic carbocycles. The minimum Gasteiger partial charge on any atom is -0.376 e. The van der Waals surface area contributed by atoms with E-state index in [4.69, 9.17) is 17.0 Å². The summed E-state index contributed by atoms with van der Waals surface area (Å²) in [7, 11) is -2.96. The molecule has 2 aliphatic heterocycles. The third-order valence-corrected chi connectivity index (χ3v) is 7.18. The fourth-order valence-electron chi connectivity index (χ4n) is 3.44. The number of aryl methyl sites for hydroxylation is 2. The van der Waals surface area contributed by atoms with Crippen LogP contribution in [0.2, 0.25) is 0 Å². The van der Waals surface area contributed by atoms with Crippen molar-refractivity contribution in [3.63, 3.8) is 0 Å². The molecule has 1 aromatic carbocycles. The molecule has 0 aromatic heterocycles. The van der Waals surface area contributed by atoms with E-state index < -0.39 is 9.84 Å². The van der Waals surface area contributed by atoms with Gasteiger partial charge in [0.1, 0.15) is 0 Å². The van der Waals surface area contributed by atoms with Crippen molar-refractivity contribution in [2.24, 2.45) is 0 Å². The van der Waals surface area contributed by atoms with Crippen molar-refractivity contribution < 1.29 is 13.2 Å². The monoisotopic (exact) mass is 382 g/mol. The van der Waals surface area contributed by atoms with E-state index in [0.29, 0.717) is 18.1 Å². The number of benzene rings is 1. The maximum absolute atomic E-state index is 11.9. The van der Waals surface area contributed by atoms with Gasteiger partial charge in [-0.25, -0.2) is 8.42 Å². The normalized spacial score (nSPS) is 25.0. The van der Waals surface area contributed by atoms with Gasteiger partial charge in [-0.05, 0) is 68.6 Å². The molecule has 0 amide bonds. The number of hydrogen-bond donors (Lipinski definition) is 1.